The number of fused-ring (bicyclic) bond motifs is 1. The number of hydrogen-bond donors (Lipinski definition) is 3. The lowest BCUT2D eigenvalue weighted by Gasteiger charge is -2.05. The quantitative estimate of drug-likeness (QED) is 0.624. The number of carbonyl (C=O) groups is 2. The van der Waals surface area contributed by atoms with Crippen molar-refractivity contribution >= 4 is 34.7 Å². The molecular formula is C19H17N3O3. The van der Waals surface area contributed by atoms with Crippen molar-refractivity contribution in [2.24, 2.45) is 5.73 Å². The highest BCUT2D eigenvalue weighted by molar-refractivity contribution is 5.92. The Hall–Kier alpha value is -3.54. The van der Waals surface area contributed by atoms with Crippen molar-refractivity contribution in [2.75, 3.05) is 5.32 Å². The van der Waals surface area contributed by atoms with Crippen LogP contribution in [-0.4, -0.2) is 11.9 Å². The van der Waals surface area contributed by atoms with Crippen LogP contribution >= 0.6 is 0 Å². The van der Waals surface area contributed by atoms with Gasteiger partial charge in [-0.25, -0.2) is 4.79 Å². The zero-order valence-electron chi connectivity index (χ0n) is 13.4. The van der Waals surface area contributed by atoms with Gasteiger partial charge >= 0.3 is 6.03 Å². The van der Waals surface area contributed by atoms with E-state index in [0.29, 0.717) is 18.0 Å². The summed E-state index contributed by atoms with van der Waals surface area (Å²) in [6.45, 7) is 0.375. The highest BCUT2D eigenvalue weighted by Gasteiger charge is 2.02. The van der Waals surface area contributed by atoms with E-state index in [1.807, 2.05) is 30.3 Å². The second-order valence-corrected chi connectivity index (χ2v) is 5.42. The van der Waals surface area contributed by atoms with Crippen molar-refractivity contribution in [1.29, 1.82) is 0 Å². The van der Waals surface area contributed by atoms with Crippen LogP contribution in [0.1, 0.15) is 11.3 Å². The molecule has 0 fully saturated rings. The Labute approximate surface area is 144 Å². The number of nitrogens with two attached hydrogens (primary N) is 1. The van der Waals surface area contributed by atoms with Crippen LogP contribution in [0.3, 0.4) is 0 Å². The van der Waals surface area contributed by atoms with Gasteiger partial charge in [0.15, 0.2) is 0 Å². The van der Waals surface area contributed by atoms with Gasteiger partial charge in [-0.3, -0.25) is 4.79 Å². The molecule has 4 N–H and O–H groups in total. The third-order valence-corrected chi connectivity index (χ3v) is 3.53. The largest absolute Gasteiger partial charge is 0.457 e. The van der Waals surface area contributed by atoms with E-state index in [0.717, 1.165) is 16.5 Å². The number of furan rings is 1. The second kappa shape index (κ2) is 7.35. The SMILES string of the molecule is NC(=O)Nc1ccc(CNC(=O)/C=C/c2cc3ccccc3o2)cc1. The number of nitrogens with one attached hydrogen (secondary N) is 2. The molecule has 0 bridgehead atoms. The van der Waals surface area contributed by atoms with E-state index in [2.05, 4.69) is 10.6 Å². The van der Waals surface area contributed by atoms with Gasteiger partial charge in [-0.15, -0.1) is 0 Å². The molecule has 0 spiro atoms. The fraction of sp³-hybridized carbons (Fsp3) is 0.0526. The zero-order chi connectivity index (χ0) is 17.6. The van der Waals surface area contributed by atoms with Crippen molar-refractivity contribution in [3.63, 3.8) is 0 Å². The minimum atomic E-state index is -0.614. The number of primary amides is 1. The Morgan fingerprint density at radius 3 is 2.56 bits per heavy atom. The number of urea groups is 1. The Kier molecular flexibility index (Phi) is 4.80. The molecule has 0 atom stereocenters. The molecule has 126 valence electrons. The van der Waals surface area contributed by atoms with Crippen LogP contribution in [-0.2, 0) is 11.3 Å². The van der Waals surface area contributed by atoms with Crippen LogP contribution in [0.2, 0.25) is 0 Å². The van der Waals surface area contributed by atoms with Gasteiger partial charge in [-0.2, -0.15) is 0 Å². The molecule has 6 heteroatoms. The van der Waals surface area contributed by atoms with E-state index in [1.54, 1.807) is 30.3 Å². The summed E-state index contributed by atoms with van der Waals surface area (Å²) >= 11 is 0. The van der Waals surface area contributed by atoms with Crippen LogP contribution in [0.5, 0.6) is 0 Å². The van der Waals surface area contributed by atoms with E-state index < -0.39 is 6.03 Å². The van der Waals surface area contributed by atoms with Crippen molar-refractivity contribution < 1.29 is 14.0 Å². The highest BCUT2D eigenvalue weighted by atomic mass is 16.3. The predicted octanol–water partition coefficient (Wildman–Crippen LogP) is 3.25. The Balaban J connectivity index is 1.54. The van der Waals surface area contributed by atoms with Crippen LogP contribution in [0, 0.1) is 0 Å². The number of hydrogen-bond acceptors (Lipinski definition) is 3. The lowest BCUT2D eigenvalue weighted by molar-refractivity contribution is -0.116. The first-order valence-corrected chi connectivity index (χ1v) is 7.70. The molecule has 25 heavy (non-hydrogen) atoms. The molecule has 3 aromatic rings. The fourth-order valence-electron chi connectivity index (χ4n) is 2.34. The van der Waals surface area contributed by atoms with Crippen molar-refractivity contribution in [3.8, 4) is 0 Å². The number of rotatable bonds is 5. The van der Waals surface area contributed by atoms with Crippen LogP contribution in [0.15, 0.2) is 65.1 Å². The molecule has 0 aliphatic carbocycles. The van der Waals surface area contributed by atoms with Gasteiger partial charge in [0.05, 0.1) is 0 Å². The highest BCUT2D eigenvalue weighted by Crippen LogP contribution is 2.19. The first-order chi connectivity index (χ1) is 12.1. The average Bonchev–Trinajstić information content (AvgIpc) is 3.02. The van der Waals surface area contributed by atoms with Crippen molar-refractivity contribution in [3.05, 3.63) is 72.0 Å². The van der Waals surface area contributed by atoms with Crippen molar-refractivity contribution in [1.82, 2.24) is 5.32 Å². The third-order valence-electron chi connectivity index (χ3n) is 3.53. The van der Waals surface area contributed by atoms with Gasteiger partial charge in [0.25, 0.3) is 0 Å². The maximum atomic E-state index is 11.9. The molecular weight excluding hydrogens is 318 g/mol. The Bertz CT molecular complexity index is 893. The van der Waals surface area contributed by atoms with E-state index in [1.165, 1.54) is 6.08 Å². The van der Waals surface area contributed by atoms with E-state index in [-0.39, 0.29) is 5.91 Å². The van der Waals surface area contributed by atoms with E-state index in [9.17, 15) is 9.59 Å². The van der Waals surface area contributed by atoms with Crippen molar-refractivity contribution in [2.45, 2.75) is 6.54 Å². The Morgan fingerprint density at radius 2 is 1.84 bits per heavy atom. The molecule has 0 aliphatic heterocycles. The topological polar surface area (TPSA) is 97.4 Å². The predicted molar refractivity (Wildman–Crippen MR) is 96.7 cm³/mol. The maximum absolute atomic E-state index is 11.9. The second-order valence-electron chi connectivity index (χ2n) is 5.42. The summed E-state index contributed by atoms with van der Waals surface area (Å²) in [6, 6.07) is 16.0. The summed E-state index contributed by atoms with van der Waals surface area (Å²) < 4.78 is 5.61. The van der Waals surface area contributed by atoms with Crippen LogP contribution < -0.4 is 16.4 Å². The van der Waals surface area contributed by atoms with Gasteiger partial charge in [-0.1, -0.05) is 30.3 Å². The van der Waals surface area contributed by atoms with Crippen LogP contribution in [0.4, 0.5) is 10.5 Å². The smallest absolute Gasteiger partial charge is 0.316 e. The fourth-order valence-corrected chi connectivity index (χ4v) is 2.34. The number of carbonyl (C=O) groups excluding carboxylic acids is 2. The molecule has 0 saturated heterocycles. The minimum absolute atomic E-state index is 0.222. The molecule has 3 rings (SSSR count). The monoisotopic (exact) mass is 335 g/mol. The number of anilines is 1. The first kappa shape index (κ1) is 16.3. The molecule has 1 aromatic heterocycles. The van der Waals surface area contributed by atoms with Gasteiger partial charge < -0.3 is 20.8 Å². The van der Waals surface area contributed by atoms with Gasteiger partial charge in [0.2, 0.25) is 5.91 Å². The summed E-state index contributed by atoms with van der Waals surface area (Å²) in [4.78, 5) is 22.7. The standard InChI is InChI=1S/C19H17N3O3/c20-19(24)22-15-7-5-13(6-8-15)12-21-18(23)10-9-16-11-14-3-1-2-4-17(14)25-16/h1-11H,12H2,(H,21,23)(H3,20,22,24)/b10-9+. The van der Waals surface area contributed by atoms with E-state index >= 15 is 0 Å². The normalized spacial score (nSPS) is 10.9. The lowest BCUT2D eigenvalue weighted by atomic mass is 10.2. The minimum Gasteiger partial charge on any atom is -0.457 e. The molecule has 0 aliphatic rings. The lowest BCUT2D eigenvalue weighted by Crippen LogP contribution is -2.20. The molecule has 2 aromatic carbocycles. The summed E-state index contributed by atoms with van der Waals surface area (Å²) in [6.07, 6.45) is 3.07. The number of para-hydroxylation sites is 1. The molecule has 0 saturated carbocycles. The molecule has 0 unspecified atom stereocenters. The first-order valence-electron chi connectivity index (χ1n) is 7.70. The van der Waals surface area contributed by atoms with Gasteiger partial charge in [-0.05, 0) is 35.9 Å². The van der Waals surface area contributed by atoms with Gasteiger partial charge in [0.1, 0.15) is 11.3 Å². The maximum Gasteiger partial charge on any atom is 0.316 e. The molecule has 1 heterocycles. The summed E-state index contributed by atoms with van der Waals surface area (Å²) in [5.74, 6) is 0.401. The third kappa shape index (κ3) is 4.48. The summed E-state index contributed by atoms with van der Waals surface area (Å²) in [5, 5.41) is 6.25. The molecule has 3 amide bonds. The summed E-state index contributed by atoms with van der Waals surface area (Å²) in [7, 11) is 0. The summed E-state index contributed by atoms with van der Waals surface area (Å²) in [5.41, 5.74) is 7.34. The number of benzene rings is 2. The van der Waals surface area contributed by atoms with E-state index in [4.69, 9.17) is 10.2 Å². The van der Waals surface area contributed by atoms with Crippen LogP contribution in [0.25, 0.3) is 17.0 Å². The molecule has 0 radical (unpaired) electrons. The Morgan fingerprint density at radius 1 is 1.08 bits per heavy atom. The zero-order valence-corrected chi connectivity index (χ0v) is 13.4. The number of amides is 3. The average molecular weight is 335 g/mol. The molecule has 6 nitrogen and oxygen atoms in total. The van der Waals surface area contributed by atoms with Gasteiger partial charge in [0, 0.05) is 23.7 Å².